The highest BCUT2D eigenvalue weighted by Gasteiger charge is 2.25. The van der Waals surface area contributed by atoms with Crippen LogP contribution in [0.4, 0.5) is 5.69 Å². The summed E-state index contributed by atoms with van der Waals surface area (Å²) in [7, 11) is -0.124. The molecule has 0 fully saturated rings. The van der Waals surface area contributed by atoms with Crippen LogP contribution in [-0.4, -0.2) is 56.8 Å². The van der Waals surface area contributed by atoms with Gasteiger partial charge in [-0.05, 0) is 56.3 Å². The summed E-state index contributed by atoms with van der Waals surface area (Å²) < 4.78 is 32.6. The number of aryl methyl sites for hydroxylation is 1. The van der Waals surface area contributed by atoms with Crippen LogP contribution >= 0.6 is 0 Å². The second-order valence-corrected chi connectivity index (χ2v) is 9.41. The number of rotatable bonds is 10. The molecule has 0 aromatic heterocycles. The summed E-state index contributed by atoms with van der Waals surface area (Å²) in [5.74, 6) is 0.560. The van der Waals surface area contributed by atoms with Crippen molar-refractivity contribution in [2.24, 2.45) is 0 Å². The number of methoxy groups -OCH3 is 1. The maximum absolute atomic E-state index is 12.9. The first-order valence-electron chi connectivity index (χ1n) is 10.4. The number of anilines is 1. The lowest BCUT2D eigenvalue weighted by atomic mass is 10.1. The summed E-state index contributed by atoms with van der Waals surface area (Å²) in [6, 6.07) is 12.3. The maximum atomic E-state index is 12.9. The van der Waals surface area contributed by atoms with Gasteiger partial charge >= 0.3 is 0 Å². The Morgan fingerprint density at radius 2 is 1.81 bits per heavy atom. The van der Waals surface area contributed by atoms with Gasteiger partial charge in [-0.3, -0.25) is 9.69 Å². The molecule has 1 atom stereocenters. The average molecular weight is 448 g/mol. The highest BCUT2D eigenvalue weighted by molar-refractivity contribution is 7.89. The monoisotopic (exact) mass is 447 g/mol. The second kappa shape index (κ2) is 10.7. The highest BCUT2D eigenvalue weighted by atomic mass is 32.2. The van der Waals surface area contributed by atoms with E-state index in [2.05, 4.69) is 5.32 Å². The second-order valence-electron chi connectivity index (χ2n) is 7.50. The molecule has 0 aliphatic heterocycles. The molecule has 1 N–H and O–H groups in total. The smallest absolute Gasteiger partial charge is 0.243 e. The minimum atomic E-state index is -3.61. The van der Waals surface area contributed by atoms with Crippen LogP contribution in [0.3, 0.4) is 0 Å². The van der Waals surface area contributed by atoms with Gasteiger partial charge in [-0.1, -0.05) is 32.0 Å². The molecule has 0 aliphatic rings. The predicted octanol–water partition coefficient (Wildman–Crippen LogP) is 3.49. The molecule has 31 heavy (non-hydrogen) atoms. The minimum Gasteiger partial charge on any atom is -0.497 e. The van der Waals surface area contributed by atoms with Crippen molar-refractivity contribution in [3.05, 3.63) is 53.6 Å². The molecule has 0 aliphatic carbocycles. The zero-order chi connectivity index (χ0) is 23.2. The molecule has 0 heterocycles. The SMILES string of the molecule is CCN(CC)S(=O)(=O)c1cc(NC(=O)C(C)N(C)Cc2cccc(OC)c2)ccc1C. The first kappa shape index (κ1) is 24.8. The molecule has 2 aromatic rings. The van der Waals surface area contributed by atoms with Gasteiger partial charge in [0, 0.05) is 25.3 Å². The van der Waals surface area contributed by atoms with Crippen LogP contribution in [0.2, 0.25) is 0 Å². The van der Waals surface area contributed by atoms with E-state index in [1.165, 1.54) is 10.4 Å². The molecule has 0 saturated carbocycles. The van der Waals surface area contributed by atoms with E-state index in [1.807, 2.05) is 57.0 Å². The van der Waals surface area contributed by atoms with Crippen LogP contribution in [-0.2, 0) is 21.4 Å². The molecule has 2 aromatic carbocycles. The van der Waals surface area contributed by atoms with Crippen LogP contribution in [0.5, 0.6) is 5.75 Å². The first-order valence-corrected chi connectivity index (χ1v) is 11.8. The Morgan fingerprint density at radius 3 is 2.42 bits per heavy atom. The van der Waals surface area contributed by atoms with Crippen molar-refractivity contribution in [1.29, 1.82) is 0 Å². The van der Waals surface area contributed by atoms with E-state index in [4.69, 9.17) is 4.74 Å². The Balaban J connectivity index is 2.15. The summed E-state index contributed by atoms with van der Waals surface area (Å²) in [5, 5.41) is 2.86. The van der Waals surface area contributed by atoms with Crippen molar-refractivity contribution >= 4 is 21.6 Å². The summed E-state index contributed by atoms with van der Waals surface area (Å²) in [6.45, 7) is 8.54. The van der Waals surface area contributed by atoms with E-state index in [0.717, 1.165) is 11.3 Å². The van der Waals surface area contributed by atoms with Crippen LogP contribution in [0, 0.1) is 6.92 Å². The van der Waals surface area contributed by atoms with Crippen LogP contribution in [0.1, 0.15) is 31.9 Å². The van der Waals surface area contributed by atoms with E-state index in [9.17, 15) is 13.2 Å². The number of carbonyl (C=O) groups excluding carboxylic acids is 1. The Morgan fingerprint density at radius 1 is 1.13 bits per heavy atom. The normalized spacial score (nSPS) is 12.8. The van der Waals surface area contributed by atoms with Crippen LogP contribution in [0.25, 0.3) is 0 Å². The Bertz CT molecular complexity index is 1000. The highest BCUT2D eigenvalue weighted by Crippen LogP contribution is 2.24. The van der Waals surface area contributed by atoms with Gasteiger partial charge in [0.1, 0.15) is 5.75 Å². The number of likely N-dealkylation sites (N-methyl/N-ethyl adjacent to an activating group) is 1. The van der Waals surface area contributed by atoms with Gasteiger partial charge in [-0.25, -0.2) is 8.42 Å². The van der Waals surface area contributed by atoms with Gasteiger partial charge in [-0.15, -0.1) is 0 Å². The number of nitrogens with zero attached hydrogens (tertiary/aromatic N) is 2. The molecule has 7 nitrogen and oxygen atoms in total. The van der Waals surface area contributed by atoms with Gasteiger partial charge in [0.2, 0.25) is 15.9 Å². The number of amides is 1. The predicted molar refractivity (Wildman–Crippen MR) is 124 cm³/mol. The molecule has 8 heteroatoms. The maximum Gasteiger partial charge on any atom is 0.243 e. The summed E-state index contributed by atoms with van der Waals surface area (Å²) in [6.07, 6.45) is 0. The zero-order valence-corrected chi connectivity index (χ0v) is 20.0. The fourth-order valence-electron chi connectivity index (χ4n) is 3.30. The topological polar surface area (TPSA) is 79.0 Å². The zero-order valence-electron chi connectivity index (χ0n) is 19.2. The first-order chi connectivity index (χ1) is 14.6. The van der Waals surface area contributed by atoms with Crippen LogP contribution < -0.4 is 10.1 Å². The Hall–Kier alpha value is -2.42. The van der Waals surface area contributed by atoms with Crippen molar-refractivity contribution < 1.29 is 17.9 Å². The Labute approximate surface area is 186 Å². The molecule has 2 rings (SSSR count). The third kappa shape index (κ3) is 6.06. The molecule has 0 spiro atoms. The summed E-state index contributed by atoms with van der Waals surface area (Å²) in [4.78, 5) is 15.0. The molecule has 0 saturated heterocycles. The number of hydrogen-bond donors (Lipinski definition) is 1. The van der Waals surface area contributed by atoms with Crippen molar-refractivity contribution in [2.45, 2.75) is 45.2 Å². The molecule has 0 bridgehead atoms. The van der Waals surface area contributed by atoms with Crippen molar-refractivity contribution in [3.8, 4) is 5.75 Å². The molecular weight excluding hydrogens is 414 g/mol. The van der Waals surface area contributed by atoms with Gasteiger partial charge in [0.15, 0.2) is 0 Å². The third-order valence-corrected chi connectivity index (χ3v) is 7.58. The quantitative estimate of drug-likeness (QED) is 0.603. The number of carbonyl (C=O) groups is 1. The Kier molecular flexibility index (Phi) is 8.61. The van der Waals surface area contributed by atoms with Gasteiger partial charge in [0.25, 0.3) is 0 Å². The number of hydrogen-bond acceptors (Lipinski definition) is 5. The van der Waals surface area contributed by atoms with Gasteiger partial charge < -0.3 is 10.1 Å². The molecule has 0 radical (unpaired) electrons. The average Bonchev–Trinajstić information content (AvgIpc) is 2.75. The van der Waals surface area contributed by atoms with E-state index >= 15 is 0 Å². The van der Waals surface area contributed by atoms with Crippen molar-refractivity contribution in [1.82, 2.24) is 9.21 Å². The minimum absolute atomic E-state index is 0.208. The number of nitrogens with one attached hydrogen (secondary N) is 1. The van der Waals surface area contributed by atoms with E-state index < -0.39 is 16.1 Å². The van der Waals surface area contributed by atoms with E-state index in [-0.39, 0.29) is 10.8 Å². The van der Waals surface area contributed by atoms with Gasteiger partial charge in [0.05, 0.1) is 18.0 Å². The van der Waals surface area contributed by atoms with Crippen molar-refractivity contribution in [3.63, 3.8) is 0 Å². The van der Waals surface area contributed by atoms with Crippen molar-refractivity contribution in [2.75, 3.05) is 32.6 Å². The number of benzene rings is 2. The molecule has 1 unspecified atom stereocenters. The largest absolute Gasteiger partial charge is 0.497 e. The van der Waals surface area contributed by atoms with Gasteiger partial charge in [-0.2, -0.15) is 4.31 Å². The summed E-state index contributed by atoms with van der Waals surface area (Å²) in [5.41, 5.74) is 2.14. The lowest BCUT2D eigenvalue weighted by Crippen LogP contribution is -2.39. The van der Waals surface area contributed by atoms with E-state index in [0.29, 0.717) is 30.9 Å². The number of ether oxygens (including phenoxy) is 1. The lowest BCUT2D eigenvalue weighted by Gasteiger charge is -2.24. The third-order valence-electron chi connectivity index (χ3n) is 5.39. The fourth-order valence-corrected chi connectivity index (χ4v) is 5.01. The summed E-state index contributed by atoms with van der Waals surface area (Å²) >= 11 is 0. The lowest BCUT2D eigenvalue weighted by molar-refractivity contribution is -0.120. The molecule has 1 amide bonds. The number of sulfonamides is 1. The fraction of sp³-hybridized carbons (Fsp3) is 0.435. The molecular formula is C23H33N3O4S. The molecule has 170 valence electrons. The standard InChI is InChI=1S/C23H33N3O4S/c1-7-26(8-2)31(28,29)22-15-20(13-12-17(22)3)24-23(27)18(4)25(5)16-19-10-9-11-21(14-19)30-6/h9-15,18H,7-8,16H2,1-6H3,(H,24,27). The van der Waals surface area contributed by atoms with Crippen LogP contribution in [0.15, 0.2) is 47.4 Å². The van der Waals surface area contributed by atoms with E-state index in [1.54, 1.807) is 26.2 Å².